The molecule has 1 unspecified atom stereocenters. The van der Waals surface area contributed by atoms with Gasteiger partial charge in [-0.3, -0.25) is 0 Å². The van der Waals surface area contributed by atoms with Crippen LogP contribution >= 0.6 is 23.2 Å². The molecule has 0 spiro atoms. The highest BCUT2D eigenvalue weighted by Gasteiger charge is 2.39. The van der Waals surface area contributed by atoms with Crippen molar-refractivity contribution in [3.8, 4) is 0 Å². The molecule has 0 aliphatic heterocycles. The van der Waals surface area contributed by atoms with Gasteiger partial charge in [0.25, 0.3) is 0 Å². The number of benzene rings is 1. The molecule has 84 valence electrons. The Labute approximate surface area is 94.4 Å². The summed E-state index contributed by atoms with van der Waals surface area (Å²) in [7, 11) is 0. The Morgan fingerprint density at radius 2 is 1.80 bits per heavy atom. The van der Waals surface area contributed by atoms with Gasteiger partial charge >= 0.3 is 6.18 Å². The molecule has 1 aromatic rings. The third kappa shape index (κ3) is 2.77. The highest BCUT2D eigenvalue weighted by molar-refractivity contribution is 6.42. The van der Waals surface area contributed by atoms with Gasteiger partial charge in [0.15, 0.2) is 6.10 Å². The number of hydrogen-bond donors (Lipinski definition) is 1. The normalized spacial score (nSPS) is 14.1. The summed E-state index contributed by atoms with van der Waals surface area (Å²) in [5, 5.41) is 9.16. The first-order valence-corrected chi connectivity index (χ1v) is 4.69. The average Bonchev–Trinajstić information content (AvgIpc) is 2.10. The van der Waals surface area contributed by atoms with E-state index >= 15 is 0 Å². The second-order valence-electron chi connectivity index (χ2n) is 3.08. The van der Waals surface area contributed by atoms with E-state index in [1.807, 2.05) is 0 Å². The number of halogens is 5. The summed E-state index contributed by atoms with van der Waals surface area (Å²) in [6.45, 7) is 1.51. The number of hydrogen-bond acceptors (Lipinski definition) is 1. The fraction of sp³-hybridized carbons (Fsp3) is 0.333. The zero-order valence-electron chi connectivity index (χ0n) is 7.57. The van der Waals surface area contributed by atoms with Gasteiger partial charge in [-0.15, -0.1) is 0 Å². The van der Waals surface area contributed by atoms with Crippen molar-refractivity contribution in [3.63, 3.8) is 0 Å². The molecule has 1 N–H and O–H groups in total. The monoisotopic (exact) mass is 258 g/mol. The van der Waals surface area contributed by atoms with E-state index in [9.17, 15) is 13.2 Å². The van der Waals surface area contributed by atoms with E-state index in [4.69, 9.17) is 28.3 Å². The Morgan fingerprint density at radius 1 is 1.27 bits per heavy atom. The van der Waals surface area contributed by atoms with E-state index in [0.717, 1.165) is 12.1 Å². The summed E-state index contributed by atoms with van der Waals surface area (Å²) < 4.78 is 36.5. The smallest absolute Gasteiger partial charge is 0.379 e. The molecule has 0 amide bonds. The van der Waals surface area contributed by atoms with Crippen LogP contribution in [0.2, 0.25) is 10.0 Å². The van der Waals surface area contributed by atoms with Gasteiger partial charge in [0, 0.05) is 0 Å². The molecular weight excluding hydrogens is 252 g/mol. The zero-order chi connectivity index (χ0) is 11.8. The zero-order valence-corrected chi connectivity index (χ0v) is 9.08. The topological polar surface area (TPSA) is 20.2 Å². The Hall–Kier alpha value is -0.450. The third-order valence-electron chi connectivity index (χ3n) is 1.86. The van der Waals surface area contributed by atoms with E-state index in [2.05, 4.69) is 0 Å². The first-order valence-electron chi connectivity index (χ1n) is 3.94. The molecule has 0 heterocycles. The molecule has 0 bridgehead atoms. The molecule has 1 nitrogen and oxygen atoms in total. The molecule has 0 aliphatic rings. The second-order valence-corrected chi connectivity index (χ2v) is 3.86. The largest absolute Gasteiger partial charge is 0.418 e. The highest BCUT2D eigenvalue weighted by Crippen LogP contribution is 2.36. The van der Waals surface area contributed by atoms with Crippen molar-refractivity contribution in [1.29, 1.82) is 0 Å². The fourth-order valence-electron chi connectivity index (χ4n) is 1.10. The Balaban J connectivity index is 3.17. The van der Waals surface area contributed by atoms with Crippen LogP contribution in [0.15, 0.2) is 12.1 Å². The van der Waals surface area contributed by atoms with Crippen molar-refractivity contribution in [2.24, 2.45) is 0 Å². The lowest BCUT2D eigenvalue weighted by Gasteiger charge is -2.16. The first-order chi connectivity index (χ1) is 6.73. The lowest BCUT2D eigenvalue weighted by atomic mass is 10.1. The van der Waals surface area contributed by atoms with Gasteiger partial charge in [-0.2, -0.15) is 13.2 Å². The predicted molar refractivity (Wildman–Crippen MR) is 52.2 cm³/mol. The van der Waals surface area contributed by atoms with E-state index in [0.29, 0.717) is 5.56 Å². The number of alkyl halides is 3. The second kappa shape index (κ2) is 4.20. The van der Waals surface area contributed by atoms with Crippen LogP contribution in [0.4, 0.5) is 13.2 Å². The summed E-state index contributed by atoms with van der Waals surface area (Å²) in [4.78, 5) is 0. The lowest BCUT2D eigenvalue weighted by molar-refractivity contribution is -0.206. The summed E-state index contributed by atoms with van der Waals surface area (Å²) in [5.41, 5.74) is 0.0804. The van der Waals surface area contributed by atoms with Gasteiger partial charge < -0.3 is 5.11 Å². The standard InChI is InChI=1S/C9H7Cl2F3O/c1-4-2-5(3-6(10)7(4)11)8(15)9(12,13)14/h2-3,8,15H,1H3. The van der Waals surface area contributed by atoms with E-state index in [1.165, 1.54) is 6.92 Å². The molecule has 6 heteroatoms. The van der Waals surface area contributed by atoms with Crippen molar-refractivity contribution < 1.29 is 18.3 Å². The van der Waals surface area contributed by atoms with Crippen LogP contribution in [0.5, 0.6) is 0 Å². The van der Waals surface area contributed by atoms with Gasteiger partial charge in [0.05, 0.1) is 10.0 Å². The van der Waals surface area contributed by atoms with Gasteiger partial charge in [0.1, 0.15) is 0 Å². The Kier molecular flexibility index (Phi) is 3.53. The number of rotatable bonds is 1. The van der Waals surface area contributed by atoms with Crippen LogP contribution in [0.3, 0.4) is 0 Å². The van der Waals surface area contributed by atoms with Crippen molar-refractivity contribution in [3.05, 3.63) is 33.3 Å². The van der Waals surface area contributed by atoms with Crippen LogP contribution in [-0.4, -0.2) is 11.3 Å². The SMILES string of the molecule is Cc1cc(C(O)C(F)(F)F)cc(Cl)c1Cl. The molecule has 1 atom stereocenters. The average molecular weight is 259 g/mol. The highest BCUT2D eigenvalue weighted by atomic mass is 35.5. The minimum absolute atomic E-state index is 0.00466. The molecule has 0 radical (unpaired) electrons. The van der Waals surface area contributed by atoms with Crippen LogP contribution in [0.25, 0.3) is 0 Å². The molecule has 0 saturated carbocycles. The first kappa shape index (κ1) is 12.6. The minimum atomic E-state index is -4.70. The van der Waals surface area contributed by atoms with Gasteiger partial charge in [-0.05, 0) is 24.1 Å². The predicted octanol–water partition coefficient (Wildman–Crippen LogP) is 3.90. The van der Waals surface area contributed by atoms with Crippen molar-refractivity contribution in [2.75, 3.05) is 0 Å². The van der Waals surface area contributed by atoms with Crippen LogP contribution in [-0.2, 0) is 0 Å². The molecular formula is C9H7Cl2F3O. The van der Waals surface area contributed by atoms with Crippen molar-refractivity contribution in [1.82, 2.24) is 0 Å². The Bertz CT molecular complexity index is 353. The maximum absolute atomic E-state index is 12.2. The van der Waals surface area contributed by atoms with Crippen molar-refractivity contribution >= 4 is 23.2 Å². The number of aliphatic hydroxyl groups is 1. The summed E-state index contributed by atoms with van der Waals surface area (Å²) in [6, 6.07) is 2.17. The maximum atomic E-state index is 12.2. The van der Waals surface area contributed by atoms with Crippen LogP contribution in [0, 0.1) is 6.92 Å². The number of aliphatic hydroxyl groups excluding tert-OH is 1. The lowest BCUT2D eigenvalue weighted by Crippen LogP contribution is -2.20. The molecule has 0 fully saturated rings. The number of aryl methyl sites for hydroxylation is 1. The summed E-state index contributed by atoms with van der Waals surface area (Å²) >= 11 is 11.3. The van der Waals surface area contributed by atoms with Gasteiger partial charge in [-0.1, -0.05) is 29.3 Å². The molecule has 0 aromatic heterocycles. The van der Waals surface area contributed by atoms with E-state index in [-0.39, 0.29) is 15.6 Å². The van der Waals surface area contributed by atoms with E-state index in [1.54, 1.807) is 0 Å². The van der Waals surface area contributed by atoms with Crippen molar-refractivity contribution in [2.45, 2.75) is 19.2 Å². The quantitative estimate of drug-likeness (QED) is 0.810. The molecule has 15 heavy (non-hydrogen) atoms. The van der Waals surface area contributed by atoms with Crippen LogP contribution < -0.4 is 0 Å². The third-order valence-corrected chi connectivity index (χ3v) is 2.75. The van der Waals surface area contributed by atoms with E-state index < -0.39 is 12.3 Å². The van der Waals surface area contributed by atoms with Gasteiger partial charge in [-0.25, -0.2) is 0 Å². The Morgan fingerprint density at radius 3 is 2.20 bits per heavy atom. The summed E-state index contributed by atoms with van der Waals surface area (Å²) in [6.07, 6.45) is -7.24. The minimum Gasteiger partial charge on any atom is -0.379 e. The molecule has 0 saturated heterocycles. The maximum Gasteiger partial charge on any atom is 0.418 e. The fourth-order valence-corrected chi connectivity index (χ4v) is 1.48. The van der Waals surface area contributed by atoms with Crippen LogP contribution in [0.1, 0.15) is 17.2 Å². The summed E-state index contributed by atoms with van der Waals surface area (Å²) in [5.74, 6) is 0. The molecule has 0 aliphatic carbocycles. The molecule has 1 rings (SSSR count). The molecule has 1 aromatic carbocycles. The van der Waals surface area contributed by atoms with Gasteiger partial charge in [0.2, 0.25) is 0 Å².